The summed E-state index contributed by atoms with van der Waals surface area (Å²) in [5, 5.41) is 2.70. The van der Waals surface area contributed by atoms with Crippen molar-refractivity contribution in [2.75, 3.05) is 11.9 Å². The van der Waals surface area contributed by atoms with Gasteiger partial charge in [0.1, 0.15) is 11.4 Å². The van der Waals surface area contributed by atoms with Crippen LogP contribution in [0.5, 0.6) is 5.75 Å². The van der Waals surface area contributed by atoms with Crippen molar-refractivity contribution in [2.24, 2.45) is 0 Å². The molecule has 1 aromatic rings. The van der Waals surface area contributed by atoms with E-state index in [2.05, 4.69) is 12.2 Å². The smallest absolute Gasteiger partial charge is 0.410 e. The third-order valence-corrected chi connectivity index (χ3v) is 4.87. The van der Waals surface area contributed by atoms with Crippen molar-refractivity contribution in [3.63, 3.8) is 0 Å². The molecule has 0 aliphatic carbocycles. The van der Waals surface area contributed by atoms with Crippen LogP contribution >= 0.6 is 0 Å². The Morgan fingerprint density at radius 1 is 1.36 bits per heavy atom. The van der Waals surface area contributed by atoms with Gasteiger partial charge in [-0.25, -0.2) is 4.79 Å². The van der Waals surface area contributed by atoms with Gasteiger partial charge in [0.05, 0.1) is 11.8 Å². The first kappa shape index (κ1) is 22.1. The first-order chi connectivity index (χ1) is 13.1. The van der Waals surface area contributed by atoms with Gasteiger partial charge in [-0.15, -0.1) is 0 Å². The lowest BCUT2D eigenvalue weighted by atomic mass is 9.84. The molecular formula is C22H34N2O4. The van der Waals surface area contributed by atoms with Gasteiger partial charge in [-0.3, -0.25) is 4.79 Å². The number of hydrogen-bond donors (Lipinski definition) is 1. The fourth-order valence-corrected chi connectivity index (χ4v) is 3.63. The van der Waals surface area contributed by atoms with Gasteiger partial charge < -0.3 is 19.7 Å². The van der Waals surface area contributed by atoms with E-state index in [1.54, 1.807) is 0 Å². The first-order valence-corrected chi connectivity index (χ1v) is 10.1. The van der Waals surface area contributed by atoms with Gasteiger partial charge in [0.2, 0.25) is 6.41 Å². The lowest BCUT2D eigenvalue weighted by molar-refractivity contribution is -0.105. The number of nitrogens with zero attached hydrogens (tertiary/aromatic N) is 1. The fourth-order valence-electron chi connectivity index (χ4n) is 3.63. The number of benzene rings is 1. The summed E-state index contributed by atoms with van der Waals surface area (Å²) in [6.45, 7) is 12.4. The third kappa shape index (κ3) is 5.88. The van der Waals surface area contributed by atoms with Gasteiger partial charge in [-0.1, -0.05) is 13.0 Å². The van der Waals surface area contributed by atoms with Crippen LogP contribution in [0.2, 0.25) is 0 Å². The third-order valence-electron chi connectivity index (χ3n) is 4.87. The molecule has 0 radical (unpaired) electrons. The molecule has 0 bridgehead atoms. The first-order valence-electron chi connectivity index (χ1n) is 10.1. The maximum Gasteiger partial charge on any atom is 0.410 e. The zero-order chi connectivity index (χ0) is 20.9. The molecule has 1 heterocycles. The molecule has 0 spiro atoms. The largest absolute Gasteiger partial charge is 0.489 e. The molecule has 6 heteroatoms. The van der Waals surface area contributed by atoms with E-state index in [9.17, 15) is 9.59 Å². The molecule has 1 aliphatic rings. The van der Waals surface area contributed by atoms with Crippen molar-refractivity contribution in [2.45, 2.75) is 84.5 Å². The van der Waals surface area contributed by atoms with Gasteiger partial charge in [0.15, 0.2) is 0 Å². The number of rotatable bonds is 6. The second-order valence-electron chi connectivity index (χ2n) is 8.64. The van der Waals surface area contributed by atoms with E-state index in [4.69, 9.17) is 9.47 Å². The average molecular weight is 391 g/mol. The molecule has 1 saturated heterocycles. The van der Waals surface area contributed by atoms with Crippen molar-refractivity contribution in [3.05, 3.63) is 23.8 Å². The lowest BCUT2D eigenvalue weighted by Gasteiger charge is -2.40. The number of piperidine rings is 1. The Bertz CT molecular complexity index is 682. The maximum absolute atomic E-state index is 12.6. The zero-order valence-electron chi connectivity index (χ0n) is 18.0. The highest BCUT2D eigenvalue weighted by Crippen LogP contribution is 2.37. The Labute approximate surface area is 168 Å². The van der Waals surface area contributed by atoms with Gasteiger partial charge in [-0.05, 0) is 77.5 Å². The molecule has 1 aromatic carbocycles. The van der Waals surface area contributed by atoms with Crippen molar-refractivity contribution in [3.8, 4) is 5.75 Å². The molecule has 156 valence electrons. The molecule has 0 saturated carbocycles. The van der Waals surface area contributed by atoms with E-state index in [1.807, 2.05) is 57.7 Å². The molecule has 28 heavy (non-hydrogen) atoms. The Hall–Kier alpha value is -2.24. The van der Waals surface area contributed by atoms with Gasteiger partial charge in [-0.2, -0.15) is 0 Å². The molecule has 6 nitrogen and oxygen atoms in total. The molecule has 1 fully saturated rings. The number of amides is 2. The minimum atomic E-state index is -0.489. The Morgan fingerprint density at radius 2 is 2.07 bits per heavy atom. The number of ether oxygens (including phenoxy) is 2. The molecule has 2 atom stereocenters. The second kappa shape index (κ2) is 9.30. The summed E-state index contributed by atoms with van der Waals surface area (Å²) in [5.74, 6) is 1.02. The van der Waals surface area contributed by atoms with Crippen LogP contribution in [0.1, 0.15) is 72.3 Å². The van der Waals surface area contributed by atoms with Crippen LogP contribution in [0, 0.1) is 0 Å². The van der Waals surface area contributed by atoms with Crippen molar-refractivity contribution < 1.29 is 19.1 Å². The molecule has 0 unspecified atom stereocenters. The molecule has 1 N–H and O–H groups in total. The summed E-state index contributed by atoms with van der Waals surface area (Å²) < 4.78 is 11.5. The van der Waals surface area contributed by atoms with Gasteiger partial charge in [0.25, 0.3) is 0 Å². The molecule has 2 amide bonds. The summed E-state index contributed by atoms with van der Waals surface area (Å²) in [6.07, 6.45) is 3.09. The Balaban J connectivity index is 2.17. The van der Waals surface area contributed by atoms with Crippen LogP contribution in [0.3, 0.4) is 0 Å². The van der Waals surface area contributed by atoms with Crippen LogP contribution < -0.4 is 10.1 Å². The van der Waals surface area contributed by atoms with Crippen LogP contribution in [0.25, 0.3) is 0 Å². The van der Waals surface area contributed by atoms with Crippen molar-refractivity contribution in [1.29, 1.82) is 0 Å². The van der Waals surface area contributed by atoms with Gasteiger partial charge in [0, 0.05) is 12.6 Å². The number of anilines is 1. The highest BCUT2D eigenvalue weighted by atomic mass is 16.6. The number of carbonyl (C=O) groups is 2. The van der Waals surface area contributed by atoms with E-state index in [0.717, 1.165) is 19.3 Å². The van der Waals surface area contributed by atoms with Gasteiger partial charge >= 0.3 is 6.09 Å². The summed E-state index contributed by atoms with van der Waals surface area (Å²) in [6, 6.07) is 6.10. The molecule has 1 aliphatic heterocycles. The average Bonchev–Trinajstić information content (AvgIpc) is 2.61. The second-order valence-corrected chi connectivity index (χ2v) is 8.64. The fraction of sp³-hybridized carbons (Fsp3) is 0.636. The predicted octanol–water partition coefficient (Wildman–Crippen LogP) is 4.94. The zero-order valence-corrected chi connectivity index (χ0v) is 18.0. The highest BCUT2D eigenvalue weighted by Gasteiger charge is 2.34. The number of carbonyl (C=O) groups excluding carboxylic acids is 2. The van der Waals surface area contributed by atoms with Crippen LogP contribution in [0.4, 0.5) is 10.5 Å². The summed E-state index contributed by atoms with van der Waals surface area (Å²) in [4.78, 5) is 25.3. The summed E-state index contributed by atoms with van der Waals surface area (Å²) >= 11 is 0. The minimum absolute atomic E-state index is 0.0138. The molecular weight excluding hydrogens is 356 g/mol. The van der Waals surface area contributed by atoms with E-state index < -0.39 is 5.60 Å². The number of likely N-dealkylation sites (tertiary alicyclic amines) is 1. The number of nitrogens with one attached hydrogen (secondary N) is 1. The Kier molecular flexibility index (Phi) is 7.33. The quantitative estimate of drug-likeness (QED) is 0.699. The van der Waals surface area contributed by atoms with Crippen LogP contribution in [-0.4, -0.2) is 41.7 Å². The van der Waals surface area contributed by atoms with E-state index in [0.29, 0.717) is 30.3 Å². The summed E-state index contributed by atoms with van der Waals surface area (Å²) in [5.41, 5.74) is 1.36. The van der Waals surface area contributed by atoms with E-state index >= 15 is 0 Å². The van der Waals surface area contributed by atoms with Crippen LogP contribution in [0.15, 0.2) is 18.2 Å². The highest BCUT2D eigenvalue weighted by molar-refractivity contribution is 5.75. The topological polar surface area (TPSA) is 67.9 Å². The minimum Gasteiger partial charge on any atom is -0.489 e. The number of hydrogen-bond acceptors (Lipinski definition) is 4. The molecule has 0 aromatic heterocycles. The SMILES string of the molecule is CC[C@H]1C[C@H](c2ccc(NC=O)c(OC(C)C)c2)CCN1C(=O)OC(C)(C)C. The lowest BCUT2D eigenvalue weighted by Crippen LogP contribution is -2.47. The Morgan fingerprint density at radius 3 is 2.64 bits per heavy atom. The monoisotopic (exact) mass is 390 g/mol. The predicted molar refractivity (Wildman–Crippen MR) is 111 cm³/mol. The molecule has 2 rings (SSSR count). The maximum atomic E-state index is 12.6. The van der Waals surface area contributed by atoms with E-state index in [-0.39, 0.29) is 18.2 Å². The van der Waals surface area contributed by atoms with E-state index in [1.165, 1.54) is 5.56 Å². The summed E-state index contributed by atoms with van der Waals surface area (Å²) in [7, 11) is 0. The standard InChI is InChI=1S/C22H34N2O4/c1-7-18-12-17(10-11-24(18)21(26)28-22(4,5)6)16-8-9-19(23-14-25)20(13-16)27-15(2)3/h8-9,13-15,17-18H,7,10-12H2,1-6H3,(H,23,25)/t17-,18+/m1/s1. The van der Waals surface area contributed by atoms with Crippen molar-refractivity contribution >= 4 is 18.2 Å². The van der Waals surface area contributed by atoms with Crippen molar-refractivity contribution in [1.82, 2.24) is 4.90 Å². The normalized spacial score (nSPS) is 20.0. The van der Waals surface area contributed by atoms with Crippen LogP contribution in [-0.2, 0) is 9.53 Å².